The van der Waals surface area contributed by atoms with Gasteiger partial charge in [-0.15, -0.1) is 0 Å². The second-order valence-electron chi connectivity index (χ2n) is 9.47. The molecule has 0 fully saturated rings. The molecule has 152 valence electrons. The van der Waals surface area contributed by atoms with Gasteiger partial charge in [0.15, 0.2) is 6.20 Å². The van der Waals surface area contributed by atoms with E-state index in [2.05, 4.69) is 94.9 Å². The van der Waals surface area contributed by atoms with Gasteiger partial charge in [0.25, 0.3) is 0 Å². The van der Waals surface area contributed by atoms with Gasteiger partial charge in [-0.25, -0.2) is 4.57 Å². The quantitative estimate of drug-likeness (QED) is 0.293. The number of aromatic nitrogens is 1. The molecule has 5 rings (SSSR count). The van der Waals surface area contributed by atoms with Crippen LogP contribution in [0.15, 0.2) is 48.7 Å². The molecule has 30 heavy (non-hydrogen) atoms. The molecule has 4 aromatic rings. The van der Waals surface area contributed by atoms with Crippen LogP contribution in [0.1, 0.15) is 50.3 Å². The molecule has 2 nitrogen and oxygen atoms in total. The van der Waals surface area contributed by atoms with Crippen LogP contribution in [0.2, 0.25) is 0 Å². The SMILES string of the molecule is Cc1c2c(c(CC(C)C)c3ccccc13)Oc1cc(C(C)C)cc3cc[n+](C)c-2c13. The molecule has 3 aromatic carbocycles. The van der Waals surface area contributed by atoms with Gasteiger partial charge in [-0.1, -0.05) is 58.0 Å². The van der Waals surface area contributed by atoms with Gasteiger partial charge in [0, 0.05) is 11.6 Å². The zero-order valence-corrected chi connectivity index (χ0v) is 18.8. The fourth-order valence-electron chi connectivity index (χ4n) is 4.97. The van der Waals surface area contributed by atoms with Crippen LogP contribution in [0.25, 0.3) is 32.8 Å². The molecule has 0 amide bonds. The summed E-state index contributed by atoms with van der Waals surface area (Å²) < 4.78 is 9.07. The van der Waals surface area contributed by atoms with Crippen LogP contribution in [0.3, 0.4) is 0 Å². The van der Waals surface area contributed by atoms with Crippen LogP contribution in [-0.4, -0.2) is 0 Å². The average molecular weight is 397 g/mol. The molecule has 2 heteroatoms. The van der Waals surface area contributed by atoms with Crippen LogP contribution in [0, 0.1) is 12.8 Å². The van der Waals surface area contributed by atoms with E-state index in [9.17, 15) is 0 Å². The summed E-state index contributed by atoms with van der Waals surface area (Å²) in [4.78, 5) is 0. The number of aryl methyl sites for hydroxylation is 2. The lowest BCUT2D eigenvalue weighted by Gasteiger charge is -2.26. The molecule has 1 aromatic heterocycles. The highest BCUT2D eigenvalue weighted by Gasteiger charge is 2.33. The molecule has 0 saturated carbocycles. The van der Waals surface area contributed by atoms with Gasteiger partial charge in [-0.2, -0.15) is 0 Å². The van der Waals surface area contributed by atoms with Crippen molar-refractivity contribution in [3.8, 4) is 22.8 Å². The number of ether oxygens (including phenoxy) is 1. The van der Waals surface area contributed by atoms with E-state index in [4.69, 9.17) is 4.74 Å². The van der Waals surface area contributed by atoms with Crippen molar-refractivity contribution < 1.29 is 9.30 Å². The molecule has 1 aliphatic heterocycles. The predicted molar refractivity (Wildman–Crippen MR) is 126 cm³/mol. The van der Waals surface area contributed by atoms with Crippen LogP contribution in [0.4, 0.5) is 0 Å². The first-order chi connectivity index (χ1) is 14.4. The van der Waals surface area contributed by atoms with E-state index in [0.717, 1.165) is 17.9 Å². The molecular formula is C28H30NO+. The summed E-state index contributed by atoms with van der Waals surface area (Å²) in [6.07, 6.45) is 3.19. The Labute approximate surface area is 179 Å². The Kier molecular flexibility index (Phi) is 4.36. The topological polar surface area (TPSA) is 13.1 Å². The van der Waals surface area contributed by atoms with Crippen molar-refractivity contribution in [1.82, 2.24) is 0 Å². The number of pyridine rings is 1. The number of rotatable bonds is 3. The summed E-state index contributed by atoms with van der Waals surface area (Å²) in [7, 11) is 2.15. The predicted octanol–water partition coefficient (Wildman–Crippen LogP) is 7.22. The van der Waals surface area contributed by atoms with E-state index >= 15 is 0 Å². The smallest absolute Gasteiger partial charge is 0.228 e. The van der Waals surface area contributed by atoms with Crippen molar-refractivity contribution in [2.75, 3.05) is 0 Å². The zero-order chi connectivity index (χ0) is 21.2. The summed E-state index contributed by atoms with van der Waals surface area (Å²) in [6.45, 7) is 11.3. The Bertz CT molecular complexity index is 1310. The van der Waals surface area contributed by atoms with Gasteiger partial charge in [0.1, 0.15) is 18.5 Å². The first-order valence-corrected chi connectivity index (χ1v) is 11.1. The molecule has 0 radical (unpaired) electrons. The van der Waals surface area contributed by atoms with Crippen molar-refractivity contribution in [2.45, 2.75) is 47.0 Å². The second kappa shape index (κ2) is 6.84. The third-order valence-electron chi connectivity index (χ3n) is 6.48. The number of hydrogen-bond acceptors (Lipinski definition) is 1. The number of benzene rings is 3. The number of fused-ring (bicyclic) bond motifs is 3. The maximum Gasteiger partial charge on any atom is 0.228 e. The van der Waals surface area contributed by atoms with Gasteiger partial charge >= 0.3 is 0 Å². The number of hydrogen-bond donors (Lipinski definition) is 0. The van der Waals surface area contributed by atoms with Gasteiger partial charge in [0.2, 0.25) is 5.69 Å². The minimum atomic E-state index is 0.460. The normalized spacial score (nSPS) is 12.7. The van der Waals surface area contributed by atoms with E-state index in [0.29, 0.717) is 11.8 Å². The molecule has 2 heterocycles. The van der Waals surface area contributed by atoms with E-state index < -0.39 is 0 Å². The van der Waals surface area contributed by atoms with E-state index in [1.807, 2.05) is 0 Å². The Morgan fingerprint density at radius 3 is 2.40 bits per heavy atom. The van der Waals surface area contributed by atoms with Gasteiger partial charge in [-0.3, -0.25) is 0 Å². The second-order valence-corrected chi connectivity index (χ2v) is 9.47. The monoisotopic (exact) mass is 396 g/mol. The Morgan fingerprint density at radius 2 is 1.70 bits per heavy atom. The zero-order valence-electron chi connectivity index (χ0n) is 18.8. The third kappa shape index (κ3) is 2.74. The lowest BCUT2D eigenvalue weighted by atomic mass is 9.85. The highest BCUT2D eigenvalue weighted by atomic mass is 16.5. The summed E-state index contributed by atoms with van der Waals surface area (Å²) in [6, 6.07) is 15.6. The molecule has 0 unspecified atom stereocenters. The molecule has 0 atom stereocenters. The van der Waals surface area contributed by atoms with Crippen molar-refractivity contribution in [3.63, 3.8) is 0 Å². The molecule has 0 spiro atoms. The molecule has 1 aliphatic rings. The lowest BCUT2D eigenvalue weighted by molar-refractivity contribution is -0.659. The van der Waals surface area contributed by atoms with Gasteiger partial charge in [-0.05, 0) is 58.5 Å². The first kappa shape index (κ1) is 19.1. The van der Waals surface area contributed by atoms with Crippen LogP contribution < -0.4 is 9.30 Å². The molecule has 0 bridgehead atoms. The van der Waals surface area contributed by atoms with Crippen molar-refractivity contribution in [2.24, 2.45) is 13.0 Å². The fraction of sp³-hybridized carbons (Fsp3) is 0.321. The highest BCUT2D eigenvalue weighted by Crippen LogP contribution is 2.51. The largest absolute Gasteiger partial charge is 0.455 e. The Morgan fingerprint density at radius 1 is 0.967 bits per heavy atom. The van der Waals surface area contributed by atoms with Crippen molar-refractivity contribution in [1.29, 1.82) is 0 Å². The van der Waals surface area contributed by atoms with E-state index in [1.54, 1.807) is 0 Å². The van der Waals surface area contributed by atoms with Crippen molar-refractivity contribution in [3.05, 3.63) is 65.4 Å². The minimum absolute atomic E-state index is 0.460. The summed E-state index contributed by atoms with van der Waals surface area (Å²) in [5.74, 6) is 3.06. The Hall–Kier alpha value is -2.87. The van der Waals surface area contributed by atoms with Crippen molar-refractivity contribution >= 4 is 21.5 Å². The highest BCUT2D eigenvalue weighted by molar-refractivity contribution is 6.06. The molecule has 0 N–H and O–H groups in total. The standard InChI is InChI=1S/C28H30NO/c1-16(2)13-23-22-10-8-7-9-21(22)18(5)25-27-26-19(11-12-29(27)6)14-20(17(3)4)15-24(26)30-28(23)25/h7-12,14-17H,13H2,1-6H3/q+1. The maximum atomic E-state index is 6.80. The van der Waals surface area contributed by atoms with Crippen LogP contribution in [0.5, 0.6) is 11.5 Å². The third-order valence-corrected chi connectivity index (χ3v) is 6.48. The van der Waals surface area contributed by atoms with E-state index in [1.165, 1.54) is 49.5 Å². The van der Waals surface area contributed by atoms with Gasteiger partial charge < -0.3 is 4.74 Å². The molecule has 0 saturated heterocycles. The average Bonchev–Trinajstić information content (AvgIpc) is 2.72. The summed E-state index contributed by atoms with van der Waals surface area (Å²) >= 11 is 0. The fourth-order valence-corrected chi connectivity index (χ4v) is 4.97. The van der Waals surface area contributed by atoms with Crippen LogP contribution in [-0.2, 0) is 13.5 Å². The summed E-state index contributed by atoms with van der Waals surface area (Å²) in [5.41, 5.74) is 6.48. The maximum absolute atomic E-state index is 6.80. The minimum Gasteiger partial charge on any atom is -0.455 e. The summed E-state index contributed by atoms with van der Waals surface area (Å²) in [5, 5.41) is 5.13. The molecular weight excluding hydrogens is 366 g/mol. The van der Waals surface area contributed by atoms with Gasteiger partial charge in [0.05, 0.1) is 10.9 Å². The molecule has 0 aliphatic carbocycles. The Balaban J connectivity index is 1.96. The van der Waals surface area contributed by atoms with E-state index in [-0.39, 0.29) is 0 Å². The first-order valence-electron chi connectivity index (χ1n) is 11.1. The number of nitrogens with zero attached hydrogens (tertiary/aromatic N) is 1. The van der Waals surface area contributed by atoms with Crippen LogP contribution >= 0.6 is 0 Å². The lowest BCUT2D eigenvalue weighted by Crippen LogP contribution is -2.32.